The molecule has 0 bridgehead atoms. The molecule has 0 radical (unpaired) electrons. The molecule has 0 aliphatic heterocycles. The van der Waals surface area contributed by atoms with Crippen LogP contribution in [0.2, 0.25) is 0 Å². The lowest BCUT2D eigenvalue weighted by molar-refractivity contribution is 1.52. The van der Waals surface area contributed by atoms with E-state index in [2.05, 4.69) is 48.0 Å². The van der Waals surface area contributed by atoms with Gasteiger partial charge >= 0.3 is 0 Å². The quantitative estimate of drug-likeness (QED) is 0.661. The average molecular weight is 211 g/mol. The van der Waals surface area contributed by atoms with Crippen LogP contribution in [0.25, 0.3) is 5.57 Å². The van der Waals surface area contributed by atoms with Crippen LogP contribution in [-0.4, -0.2) is 0 Å². The van der Waals surface area contributed by atoms with Crippen molar-refractivity contribution in [3.63, 3.8) is 0 Å². The van der Waals surface area contributed by atoms with Gasteiger partial charge in [0.15, 0.2) is 0 Å². The van der Waals surface area contributed by atoms with Gasteiger partial charge in [0.05, 0.1) is 0 Å². The van der Waals surface area contributed by atoms with E-state index in [4.69, 9.17) is 0 Å². The molecular weight excluding hydrogens is 200 g/mol. The molecule has 1 rings (SSSR count). The third-order valence-corrected chi connectivity index (χ3v) is 2.21. The zero-order chi connectivity index (χ0) is 8.27. The zero-order valence-corrected chi connectivity index (χ0v) is 8.35. The first kappa shape index (κ1) is 8.54. The molecule has 0 heterocycles. The van der Waals surface area contributed by atoms with Crippen LogP contribution < -0.4 is 0 Å². The van der Waals surface area contributed by atoms with Crippen LogP contribution in [0.4, 0.5) is 0 Å². The Bertz CT molecular complexity index is 274. The second kappa shape index (κ2) is 3.72. The van der Waals surface area contributed by atoms with Crippen molar-refractivity contribution >= 4 is 21.5 Å². The van der Waals surface area contributed by atoms with Crippen molar-refractivity contribution in [3.05, 3.63) is 40.4 Å². The topological polar surface area (TPSA) is 0 Å². The summed E-state index contributed by atoms with van der Waals surface area (Å²) >= 11 is 3.43. The van der Waals surface area contributed by atoms with Gasteiger partial charge in [0.2, 0.25) is 0 Å². The molecule has 0 fully saturated rings. The smallest absolute Gasteiger partial charge is 0.0181 e. The SMILES string of the molecule is C/C=C(\C)c1cccc(Br)c1. The average Bonchev–Trinajstić information content (AvgIpc) is 2.03. The summed E-state index contributed by atoms with van der Waals surface area (Å²) in [4.78, 5) is 0. The molecule has 1 aromatic carbocycles. The molecule has 0 saturated heterocycles. The van der Waals surface area contributed by atoms with E-state index in [-0.39, 0.29) is 0 Å². The predicted octanol–water partition coefficient (Wildman–Crippen LogP) is 3.87. The summed E-state index contributed by atoms with van der Waals surface area (Å²) in [5.41, 5.74) is 2.59. The van der Waals surface area contributed by atoms with Crippen LogP contribution in [0.3, 0.4) is 0 Å². The molecule has 0 unspecified atom stereocenters. The maximum atomic E-state index is 3.43. The van der Waals surface area contributed by atoms with Gasteiger partial charge in [-0.15, -0.1) is 0 Å². The summed E-state index contributed by atoms with van der Waals surface area (Å²) < 4.78 is 1.14. The van der Waals surface area contributed by atoms with Crippen molar-refractivity contribution < 1.29 is 0 Å². The minimum Gasteiger partial charge on any atom is -0.0841 e. The molecule has 58 valence electrons. The molecule has 0 aromatic heterocycles. The molecular formula is C10H11Br. The number of allylic oxidation sites excluding steroid dienone is 2. The normalized spacial score (nSPS) is 11.7. The number of hydrogen-bond acceptors (Lipinski definition) is 0. The molecule has 1 aromatic rings. The van der Waals surface area contributed by atoms with Gasteiger partial charge < -0.3 is 0 Å². The fourth-order valence-electron chi connectivity index (χ4n) is 0.900. The Hall–Kier alpha value is -0.560. The van der Waals surface area contributed by atoms with Crippen LogP contribution >= 0.6 is 15.9 Å². The van der Waals surface area contributed by atoms with Gasteiger partial charge in [-0.05, 0) is 37.1 Å². The molecule has 0 amide bonds. The largest absolute Gasteiger partial charge is 0.0841 e. The van der Waals surface area contributed by atoms with Gasteiger partial charge in [0, 0.05) is 4.47 Å². The standard InChI is InChI=1S/C10H11Br/c1-3-8(2)9-5-4-6-10(11)7-9/h3-7H,1-2H3/b8-3+. The highest BCUT2D eigenvalue weighted by atomic mass is 79.9. The van der Waals surface area contributed by atoms with Crippen LogP contribution in [0.5, 0.6) is 0 Å². The molecule has 0 aliphatic carbocycles. The second-order valence-corrected chi connectivity index (χ2v) is 3.40. The first-order valence-corrected chi connectivity index (χ1v) is 4.42. The molecule has 1 heteroatoms. The van der Waals surface area contributed by atoms with E-state index in [0.29, 0.717) is 0 Å². The van der Waals surface area contributed by atoms with Crippen LogP contribution in [0.1, 0.15) is 19.4 Å². The first-order valence-electron chi connectivity index (χ1n) is 3.63. The third kappa shape index (κ3) is 2.19. The van der Waals surface area contributed by atoms with Gasteiger partial charge in [0.1, 0.15) is 0 Å². The minimum atomic E-state index is 1.14. The molecule has 0 nitrogen and oxygen atoms in total. The fraction of sp³-hybridized carbons (Fsp3) is 0.200. The Morgan fingerprint density at radius 3 is 2.73 bits per heavy atom. The second-order valence-electron chi connectivity index (χ2n) is 2.48. The van der Waals surface area contributed by atoms with Crippen molar-refractivity contribution in [3.8, 4) is 0 Å². The summed E-state index contributed by atoms with van der Waals surface area (Å²) in [5, 5.41) is 0. The summed E-state index contributed by atoms with van der Waals surface area (Å²) in [6.07, 6.45) is 2.11. The zero-order valence-electron chi connectivity index (χ0n) is 6.76. The summed E-state index contributed by atoms with van der Waals surface area (Å²) in [5.74, 6) is 0. The van der Waals surface area contributed by atoms with Crippen LogP contribution in [-0.2, 0) is 0 Å². The fourth-order valence-corrected chi connectivity index (χ4v) is 1.30. The van der Waals surface area contributed by atoms with Crippen LogP contribution in [0, 0.1) is 0 Å². The van der Waals surface area contributed by atoms with E-state index in [1.165, 1.54) is 11.1 Å². The van der Waals surface area contributed by atoms with E-state index in [1.807, 2.05) is 12.1 Å². The van der Waals surface area contributed by atoms with Gasteiger partial charge in [-0.1, -0.05) is 34.1 Å². The van der Waals surface area contributed by atoms with E-state index >= 15 is 0 Å². The van der Waals surface area contributed by atoms with Crippen molar-refractivity contribution in [1.29, 1.82) is 0 Å². The molecule has 0 N–H and O–H groups in total. The maximum Gasteiger partial charge on any atom is 0.0181 e. The van der Waals surface area contributed by atoms with E-state index < -0.39 is 0 Å². The van der Waals surface area contributed by atoms with Crippen molar-refractivity contribution in [2.24, 2.45) is 0 Å². The van der Waals surface area contributed by atoms with Crippen molar-refractivity contribution in [1.82, 2.24) is 0 Å². The molecule has 0 saturated carbocycles. The Kier molecular flexibility index (Phi) is 2.89. The molecule has 0 spiro atoms. The Morgan fingerprint density at radius 1 is 1.45 bits per heavy atom. The van der Waals surface area contributed by atoms with E-state index in [0.717, 1.165) is 4.47 Å². The lowest BCUT2D eigenvalue weighted by Crippen LogP contribution is -1.77. The first-order chi connectivity index (χ1) is 5.24. The highest BCUT2D eigenvalue weighted by Crippen LogP contribution is 2.18. The van der Waals surface area contributed by atoms with Gasteiger partial charge in [-0.25, -0.2) is 0 Å². The Labute approximate surface area is 76.1 Å². The van der Waals surface area contributed by atoms with Crippen molar-refractivity contribution in [2.75, 3.05) is 0 Å². The maximum absolute atomic E-state index is 3.43. The predicted molar refractivity (Wildman–Crippen MR) is 53.5 cm³/mol. The number of hydrogen-bond donors (Lipinski definition) is 0. The van der Waals surface area contributed by atoms with Crippen LogP contribution in [0.15, 0.2) is 34.8 Å². The minimum absolute atomic E-state index is 1.14. The summed E-state index contributed by atoms with van der Waals surface area (Å²) in [6, 6.07) is 8.31. The Morgan fingerprint density at radius 2 is 2.18 bits per heavy atom. The lowest BCUT2D eigenvalue weighted by Gasteiger charge is -1.99. The van der Waals surface area contributed by atoms with Gasteiger partial charge in [-0.3, -0.25) is 0 Å². The van der Waals surface area contributed by atoms with Gasteiger partial charge in [-0.2, -0.15) is 0 Å². The highest BCUT2D eigenvalue weighted by Gasteiger charge is 1.93. The third-order valence-electron chi connectivity index (χ3n) is 1.71. The van der Waals surface area contributed by atoms with E-state index in [1.54, 1.807) is 0 Å². The van der Waals surface area contributed by atoms with Crippen molar-refractivity contribution in [2.45, 2.75) is 13.8 Å². The summed E-state index contributed by atoms with van der Waals surface area (Å²) in [6.45, 7) is 4.16. The number of benzene rings is 1. The number of halogens is 1. The molecule has 11 heavy (non-hydrogen) atoms. The number of rotatable bonds is 1. The Balaban J connectivity index is 3.06. The lowest BCUT2D eigenvalue weighted by atomic mass is 10.1. The molecule has 0 atom stereocenters. The van der Waals surface area contributed by atoms with Gasteiger partial charge in [0.25, 0.3) is 0 Å². The highest BCUT2D eigenvalue weighted by molar-refractivity contribution is 9.10. The summed E-state index contributed by atoms with van der Waals surface area (Å²) in [7, 11) is 0. The molecule has 0 aliphatic rings. The monoisotopic (exact) mass is 210 g/mol. The van der Waals surface area contributed by atoms with E-state index in [9.17, 15) is 0 Å².